The molecule has 0 spiro atoms. The summed E-state index contributed by atoms with van der Waals surface area (Å²) in [5.74, 6) is 1.11. The van der Waals surface area contributed by atoms with Gasteiger partial charge in [-0.3, -0.25) is 0 Å². The largest absolute Gasteiger partial charge is 0.489 e. The van der Waals surface area contributed by atoms with Crippen molar-refractivity contribution >= 4 is 15.9 Å². The summed E-state index contributed by atoms with van der Waals surface area (Å²) in [6.07, 6.45) is 1.07. The summed E-state index contributed by atoms with van der Waals surface area (Å²) >= 11 is 3.19. The van der Waals surface area contributed by atoms with Gasteiger partial charge in [-0.2, -0.15) is 0 Å². The van der Waals surface area contributed by atoms with E-state index in [0.29, 0.717) is 17.0 Å². The first-order chi connectivity index (χ1) is 9.61. The molecule has 0 radical (unpaired) electrons. The molecule has 0 aliphatic carbocycles. The van der Waals surface area contributed by atoms with E-state index in [1.54, 1.807) is 12.1 Å². The molecule has 0 fully saturated rings. The maximum absolute atomic E-state index is 13.2. The molecule has 0 aliphatic rings. The molecule has 0 N–H and O–H groups in total. The van der Waals surface area contributed by atoms with E-state index in [2.05, 4.69) is 35.8 Å². The minimum atomic E-state index is -0.256. The quantitative estimate of drug-likeness (QED) is 0.682. The van der Waals surface area contributed by atoms with Crippen LogP contribution in [0.5, 0.6) is 5.75 Å². The van der Waals surface area contributed by atoms with Crippen LogP contribution in [0.3, 0.4) is 0 Å². The van der Waals surface area contributed by atoms with Crippen molar-refractivity contribution < 1.29 is 9.13 Å². The van der Waals surface area contributed by atoms with Crippen LogP contribution in [0, 0.1) is 5.82 Å². The molecule has 1 atom stereocenters. The molecule has 0 saturated carbocycles. The Morgan fingerprint density at radius 3 is 2.65 bits per heavy atom. The van der Waals surface area contributed by atoms with Gasteiger partial charge in [0, 0.05) is 0 Å². The molecular formula is C17H18BrFO. The Morgan fingerprint density at radius 1 is 1.20 bits per heavy atom. The van der Waals surface area contributed by atoms with Crippen LogP contribution in [0.2, 0.25) is 0 Å². The van der Waals surface area contributed by atoms with Gasteiger partial charge < -0.3 is 4.74 Å². The van der Waals surface area contributed by atoms with Gasteiger partial charge in [0.2, 0.25) is 0 Å². The minimum absolute atomic E-state index is 0.256. The number of hydrogen-bond donors (Lipinski definition) is 0. The van der Waals surface area contributed by atoms with E-state index in [4.69, 9.17) is 4.74 Å². The highest BCUT2D eigenvalue weighted by atomic mass is 79.9. The summed E-state index contributed by atoms with van der Waals surface area (Å²) in [5, 5.41) is 0. The molecule has 2 rings (SSSR count). The third-order valence-corrected chi connectivity index (χ3v) is 4.05. The second-order valence-corrected chi connectivity index (χ2v) is 5.74. The second-order valence-electron chi connectivity index (χ2n) is 4.88. The van der Waals surface area contributed by atoms with E-state index < -0.39 is 0 Å². The molecule has 0 bridgehead atoms. The molecule has 0 aliphatic heterocycles. The lowest BCUT2D eigenvalue weighted by Crippen LogP contribution is -2.01. The van der Waals surface area contributed by atoms with Crippen LogP contribution >= 0.6 is 15.9 Å². The first-order valence-electron chi connectivity index (χ1n) is 6.77. The first-order valence-corrected chi connectivity index (χ1v) is 7.56. The van der Waals surface area contributed by atoms with Crippen LogP contribution in [-0.2, 0) is 6.61 Å². The van der Waals surface area contributed by atoms with Gasteiger partial charge >= 0.3 is 0 Å². The van der Waals surface area contributed by atoms with Crippen molar-refractivity contribution in [3.63, 3.8) is 0 Å². The van der Waals surface area contributed by atoms with E-state index >= 15 is 0 Å². The summed E-state index contributed by atoms with van der Waals surface area (Å²) in [7, 11) is 0. The molecular weight excluding hydrogens is 319 g/mol. The van der Waals surface area contributed by atoms with Crippen LogP contribution in [-0.4, -0.2) is 0 Å². The summed E-state index contributed by atoms with van der Waals surface area (Å²) in [4.78, 5) is 0. The lowest BCUT2D eigenvalue weighted by Gasteiger charge is -2.15. The topological polar surface area (TPSA) is 9.23 Å². The molecule has 20 heavy (non-hydrogen) atoms. The van der Waals surface area contributed by atoms with Gasteiger partial charge in [0.1, 0.15) is 18.2 Å². The Bertz CT molecular complexity index is 583. The predicted molar refractivity (Wildman–Crippen MR) is 83.6 cm³/mol. The predicted octanol–water partition coefficient (Wildman–Crippen LogP) is 5.68. The molecule has 0 heterocycles. The van der Waals surface area contributed by atoms with E-state index in [1.165, 1.54) is 11.6 Å². The maximum atomic E-state index is 13.2. The molecule has 1 nitrogen and oxygen atoms in total. The normalized spacial score (nSPS) is 12.2. The molecule has 2 aromatic carbocycles. The van der Waals surface area contributed by atoms with Crippen LogP contribution < -0.4 is 4.74 Å². The fraction of sp³-hybridized carbons (Fsp3) is 0.294. The molecule has 0 aromatic heterocycles. The smallest absolute Gasteiger partial charge is 0.137 e. The average molecular weight is 337 g/mol. The van der Waals surface area contributed by atoms with Gasteiger partial charge in [-0.1, -0.05) is 38.1 Å². The SMILES string of the molecule is CCC(C)c1ccccc1OCc1ccc(F)c(Br)c1. The summed E-state index contributed by atoms with van der Waals surface area (Å²) < 4.78 is 19.6. The monoisotopic (exact) mass is 336 g/mol. The highest BCUT2D eigenvalue weighted by molar-refractivity contribution is 9.10. The van der Waals surface area contributed by atoms with Crippen LogP contribution in [0.1, 0.15) is 37.3 Å². The molecule has 0 amide bonds. The molecule has 1 unspecified atom stereocenters. The van der Waals surface area contributed by atoms with Crippen molar-refractivity contribution in [2.45, 2.75) is 32.8 Å². The lowest BCUT2D eigenvalue weighted by atomic mass is 9.98. The molecule has 2 aromatic rings. The van der Waals surface area contributed by atoms with E-state index in [-0.39, 0.29) is 5.82 Å². The lowest BCUT2D eigenvalue weighted by molar-refractivity contribution is 0.301. The van der Waals surface area contributed by atoms with Crippen molar-refractivity contribution in [2.24, 2.45) is 0 Å². The summed E-state index contributed by atoms with van der Waals surface area (Å²) in [6, 6.07) is 13.0. The highest BCUT2D eigenvalue weighted by Gasteiger charge is 2.10. The Balaban J connectivity index is 2.12. The third-order valence-electron chi connectivity index (χ3n) is 3.44. The van der Waals surface area contributed by atoms with Crippen LogP contribution in [0.15, 0.2) is 46.9 Å². The van der Waals surface area contributed by atoms with Gasteiger partial charge in [0.05, 0.1) is 4.47 Å². The standard InChI is InChI=1S/C17H18BrFO/c1-3-12(2)14-6-4-5-7-17(14)20-11-13-8-9-16(19)15(18)10-13/h4-10,12H,3,11H2,1-2H3. The van der Waals surface area contributed by atoms with Crippen molar-refractivity contribution in [1.82, 2.24) is 0 Å². The third kappa shape index (κ3) is 3.60. The molecule has 0 saturated heterocycles. The van der Waals surface area contributed by atoms with Gasteiger partial charge in [-0.15, -0.1) is 0 Å². The Kier molecular flexibility index (Phi) is 5.18. The first kappa shape index (κ1) is 15.0. The van der Waals surface area contributed by atoms with E-state index in [0.717, 1.165) is 17.7 Å². The van der Waals surface area contributed by atoms with Gasteiger partial charge in [0.15, 0.2) is 0 Å². The zero-order chi connectivity index (χ0) is 14.5. The minimum Gasteiger partial charge on any atom is -0.489 e. The number of rotatable bonds is 5. The number of ether oxygens (including phenoxy) is 1. The number of benzene rings is 2. The summed E-state index contributed by atoms with van der Waals surface area (Å²) in [6.45, 7) is 4.79. The van der Waals surface area contributed by atoms with Gasteiger partial charge in [-0.05, 0) is 57.6 Å². The Hall–Kier alpha value is -1.35. The molecule has 106 valence electrons. The zero-order valence-corrected chi connectivity index (χ0v) is 13.3. The number of hydrogen-bond acceptors (Lipinski definition) is 1. The van der Waals surface area contributed by atoms with Crippen molar-refractivity contribution in [3.05, 3.63) is 63.9 Å². The Morgan fingerprint density at radius 2 is 1.95 bits per heavy atom. The second kappa shape index (κ2) is 6.89. The van der Waals surface area contributed by atoms with Gasteiger partial charge in [-0.25, -0.2) is 4.39 Å². The summed E-state index contributed by atoms with van der Waals surface area (Å²) in [5.41, 5.74) is 2.16. The molecule has 3 heteroatoms. The highest BCUT2D eigenvalue weighted by Crippen LogP contribution is 2.29. The van der Waals surface area contributed by atoms with E-state index in [1.807, 2.05) is 18.2 Å². The maximum Gasteiger partial charge on any atom is 0.137 e. The average Bonchev–Trinajstić information content (AvgIpc) is 2.48. The fourth-order valence-corrected chi connectivity index (χ4v) is 2.46. The Labute approximate surface area is 127 Å². The van der Waals surface area contributed by atoms with Crippen LogP contribution in [0.25, 0.3) is 0 Å². The van der Waals surface area contributed by atoms with E-state index in [9.17, 15) is 4.39 Å². The van der Waals surface area contributed by atoms with Crippen LogP contribution in [0.4, 0.5) is 4.39 Å². The van der Waals surface area contributed by atoms with Crippen molar-refractivity contribution in [1.29, 1.82) is 0 Å². The number of para-hydroxylation sites is 1. The number of halogens is 2. The zero-order valence-electron chi connectivity index (χ0n) is 11.7. The van der Waals surface area contributed by atoms with Crippen molar-refractivity contribution in [2.75, 3.05) is 0 Å². The van der Waals surface area contributed by atoms with Crippen molar-refractivity contribution in [3.8, 4) is 5.75 Å². The van der Waals surface area contributed by atoms with Gasteiger partial charge in [0.25, 0.3) is 0 Å². The fourth-order valence-electron chi connectivity index (χ4n) is 2.03.